The van der Waals surface area contributed by atoms with Crippen LogP contribution in [0.15, 0.2) is 18.2 Å². The fraction of sp³-hybridized carbons (Fsp3) is 0.273. The number of rotatable bonds is 1. The second-order valence-corrected chi connectivity index (χ2v) is 3.75. The first-order chi connectivity index (χ1) is 7.08. The number of nitrogens with zero attached hydrogens (tertiary/aromatic N) is 2. The van der Waals surface area contributed by atoms with Gasteiger partial charge < -0.3 is 9.88 Å². The number of amides is 1. The second-order valence-electron chi connectivity index (χ2n) is 3.75. The van der Waals surface area contributed by atoms with E-state index < -0.39 is 0 Å². The van der Waals surface area contributed by atoms with Crippen LogP contribution in [0.25, 0.3) is 11.0 Å². The van der Waals surface area contributed by atoms with Crippen LogP contribution in [-0.4, -0.2) is 34.9 Å². The van der Waals surface area contributed by atoms with Crippen molar-refractivity contribution in [2.24, 2.45) is 0 Å². The lowest BCUT2D eigenvalue weighted by Crippen LogP contribution is -2.21. The molecule has 1 aromatic heterocycles. The predicted molar refractivity (Wildman–Crippen MR) is 58.8 cm³/mol. The Bertz CT molecular complexity index is 514. The summed E-state index contributed by atoms with van der Waals surface area (Å²) in [6, 6.07) is 5.50. The molecule has 0 aliphatic rings. The molecule has 0 atom stereocenters. The molecule has 1 aromatic carbocycles. The summed E-state index contributed by atoms with van der Waals surface area (Å²) < 4.78 is 0. The summed E-state index contributed by atoms with van der Waals surface area (Å²) >= 11 is 0. The van der Waals surface area contributed by atoms with Gasteiger partial charge in [-0.25, -0.2) is 4.98 Å². The van der Waals surface area contributed by atoms with Crippen LogP contribution in [0.4, 0.5) is 0 Å². The molecule has 0 radical (unpaired) electrons. The number of carbonyl (C=O) groups excluding carboxylic acids is 1. The van der Waals surface area contributed by atoms with Crippen LogP contribution in [0.1, 0.15) is 16.2 Å². The summed E-state index contributed by atoms with van der Waals surface area (Å²) in [6.07, 6.45) is 0. The van der Waals surface area contributed by atoms with Crippen LogP contribution in [-0.2, 0) is 0 Å². The minimum atomic E-state index is -0.00227. The van der Waals surface area contributed by atoms with Gasteiger partial charge in [0.2, 0.25) is 0 Å². The van der Waals surface area contributed by atoms with Crippen molar-refractivity contribution in [3.8, 4) is 0 Å². The number of aromatic nitrogens is 2. The minimum absolute atomic E-state index is 0.00227. The topological polar surface area (TPSA) is 49.0 Å². The number of nitrogens with one attached hydrogen (secondary N) is 1. The second kappa shape index (κ2) is 3.38. The summed E-state index contributed by atoms with van der Waals surface area (Å²) in [7, 11) is 3.48. The van der Waals surface area contributed by atoms with Crippen LogP contribution < -0.4 is 0 Å². The van der Waals surface area contributed by atoms with Crippen LogP contribution in [0.3, 0.4) is 0 Å². The predicted octanol–water partition coefficient (Wildman–Crippen LogP) is 1.57. The maximum atomic E-state index is 11.7. The Labute approximate surface area is 87.9 Å². The number of hydrogen-bond donors (Lipinski definition) is 1. The van der Waals surface area contributed by atoms with Gasteiger partial charge in [-0.2, -0.15) is 0 Å². The van der Waals surface area contributed by atoms with Gasteiger partial charge in [0.15, 0.2) is 0 Å². The lowest BCUT2D eigenvalue weighted by molar-refractivity contribution is 0.0828. The van der Waals surface area contributed by atoms with Gasteiger partial charge in [0, 0.05) is 19.7 Å². The monoisotopic (exact) mass is 203 g/mol. The highest BCUT2D eigenvalue weighted by atomic mass is 16.2. The molecule has 0 saturated heterocycles. The van der Waals surface area contributed by atoms with Crippen LogP contribution in [0.2, 0.25) is 0 Å². The van der Waals surface area contributed by atoms with E-state index >= 15 is 0 Å². The third-order valence-corrected chi connectivity index (χ3v) is 2.25. The average Bonchev–Trinajstić information content (AvgIpc) is 2.55. The fourth-order valence-electron chi connectivity index (χ4n) is 1.52. The lowest BCUT2D eigenvalue weighted by atomic mass is 10.2. The molecule has 78 valence electrons. The molecule has 2 aromatic rings. The minimum Gasteiger partial charge on any atom is -0.345 e. The number of benzene rings is 1. The first-order valence-electron chi connectivity index (χ1n) is 4.76. The first-order valence-corrected chi connectivity index (χ1v) is 4.76. The molecule has 4 heteroatoms. The van der Waals surface area contributed by atoms with Gasteiger partial charge in [0.25, 0.3) is 5.91 Å². The molecule has 0 fully saturated rings. The Hall–Kier alpha value is -1.84. The van der Waals surface area contributed by atoms with E-state index in [9.17, 15) is 4.79 Å². The van der Waals surface area contributed by atoms with Crippen molar-refractivity contribution in [1.82, 2.24) is 14.9 Å². The Balaban J connectivity index is 2.51. The normalized spacial score (nSPS) is 10.6. The SMILES string of the molecule is Cc1nc2cc(C(=O)N(C)C)ccc2[nH]1. The van der Waals surface area contributed by atoms with Crippen molar-refractivity contribution >= 4 is 16.9 Å². The highest BCUT2D eigenvalue weighted by Crippen LogP contribution is 2.14. The molecule has 15 heavy (non-hydrogen) atoms. The Morgan fingerprint density at radius 3 is 2.80 bits per heavy atom. The summed E-state index contributed by atoms with van der Waals surface area (Å²) in [5, 5.41) is 0. The third kappa shape index (κ3) is 1.70. The van der Waals surface area contributed by atoms with Crippen LogP contribution in [0.5, 0.6) is 0 Å². The molecule has 0 spiro atoms. The Kier molecular flexibility index (Phi) is 2.19. The number of hydrogen-bond acceptors (Lipinski definition) is 2. The smallest absolute Gasteiger partial charge is 0.253 e. The van der Waals surface area contributed by atoms with Gasteiger partial charge in [0.05, 0.1) is 11.0 Å². The Morgan fingerprint density at radius 1 is 1.40 bits per heavy atom. The summed E-state index contributed by atoms with van der Waals surface area (Å²) in [6.45, 7) is 1.90. The first kappa shape index (κ1) is 9.71. The molecule has 0 saturated carbocycles. The molecule has 0 bridgehead atoms. The largest absolute Gasteiger partial charge is 0.345 e. The number of fused-ring (bicyclic) bond motifs is 1. The summed E-state index contributed by atoms with van der Waals surface area (Å²) in [5.74, 6) is 0.858. The zero-order valence-electron chi connectivity index (χ0n) is 9.03. The van der Waals surface area contributed by atoms with E-state index in [1.165, 1.54) is 0 Å². The number of carbonyl (C=O) groups is 1. The highest BCUT2D eigenvalue weighted by molar-refractivity contribution is 5.97. The van der Waals surface area contributed by atoms with Crippen molar-refractivity contribution in [2.75, 3.05) is 14.1 Å². The number of aromatic amines is 1. The van der Waals surface area contributed by atoms with Gasteiger partial charge in [-0.15, -0.1) is 0 Å². The van der Waals surface area contributed by atoms with Gasteiger partial charge in [-0.05, 0) is 25.1 Å². The van der Waals surface area contributed by atoms with E-state index in [-0.39, 0.29) is 5.91 Å². The lowest BCUT2D eigenvalue weighted by Gasteiger charge is -2.09. The van der Waals surface area contributed by atoms with Crippen molar-refractivity contribution in [1.29, 1.82) is 0 Å². The average molecular weight is 203 g/mol. The van der Waals surface area contributed by atoms with Crippen molar-refractivity contribution in [2.45, 2.75) is 6.92 Å². The molecule has 1 amide bonds. The van der Waals surface area contributed by atoms with Crippen molar-refractivity contribution in [3.05, 3.63) is 29.6 Å². The van der Waals surface area contributed by atoms with Crippen molar-refractivity contribution < 1.29 is 4.79 Å². The third-order valence-electron chi connectivity index (χ3n) is 2.25. The van der Waals surface area contributed by atoms with E-state index in [1.54, 1.807) is 25.1 Å². The zero-order valence-corrected chi connectivity index (χ0v) is 9.03. The van der Waals surface area contributed by atoms with Crippen molar-refractivity contribution in [3.63, 3.8) is 0 Å². The van der Waals surface area contributed by atoms with Gasteiger partial charge in [-0.3, -0.25) is 4.79 Å². The zero-order chi connectivity index (χ0) is 11.0. The molecule has 1 N–H and O–H groups in total. The van der Waals surface area contributed by atoms with E-state index in [0.29, 0.717) is 5.56 Å². The molecule has 2 rings (SSSR count). The molecule has 4 nitrogen and oxygen atoms in total. The molecule has 0 unspecified atom stereocenters. The molecule has 1 heterocycles. The quantitative estimate of drug-likeness (QED) is 0.764. The van der Waals surface area contributed by atoms with E-state index in [4.69, 9.17) is 0 Å². The van der Waals surface area contributed by atoms with E-state index in [2.05, 4.69) is 9.97 Å². The standard InChI is InChI=1S/C11H13N3O/c1-7-12-9-5-4-8(6-10(9)13-7)11(15)14(2)3/h4-6H,1-3H3,(H,12,13). The van der Waals surface area contributed by atoms with Gasteiger partial charge in [0.1, 0.15) is 5.82 Å². The van der Waals surface area contributed by atoms with Gasteiger partial charge in [-0.1, -0.05) is 0 Å². The van der Waals surface area contributed by atoms with Crippen LogP contribution >= 0.6 is 0 Å². The summed E-state index contributed by atoms with van der Waals surface area (Å²) in [4.78, 5) is 20.6. The molecular weight excluding hydrogens is 190 g/mol. The highest BCUT2D eigenvalue weighted by Gasteiger charge is 2.09. The number of imidazole rings is 1. The molecule has 0 aliphatic heterocycles. The maximum absolute atomic E-state index is 11.7. The summed E-state index contributed by atoms with van der Waals surface area (Å²) in [5.41, 5.74) is 2.46. The maximum Gasteiger partial charge on any atom is 0.253 e. The van der Waals surface area contributed by atoms with Crippen LogP contribution in [0, 0.1) is 6.92 Å². The number of H-pyrrole nitrogens is 1. The number of aryl methyl sites for hydroxylation is 1. The van der Waals surface area contributed by atoms with Gasteiger partial charge >= 0.3 is 0 Å². The Morgan fingerprint density at radius 2 is 2.13 bits per heavy atom. The van der Waals surface area contributed by atoms with E-state index in [0.717, 1.165) is 16.9 Å². The molecule has 0 aliphatic carbocycles. The molecular formula is C11H13N3O. The fourth-order valence-corrected chi connectivity index (χ4v) is 1.52. The van der Waals surface area contributed by atoms with E-state index in [1.807, 2.05) is 19.1 Å².